The van der Waals surface area contributed by atoms with Crippen LogP contribution in [0, 0.1) is 5.92 Å². The van der Waals surface area contributed by atoms with Gasteiger partial charge in [0.25, 0.3) is 5.88 Å². The smallest absolute Gasteiger partial charge is 0.257 e. The van der Waals surface area contributed by atoms with Crippen molar-refractivity contribution >= 4 is 17.3 Å². The highest BCUT2D eigenvalue weighted by Gasteiger charge is 2.39. The van der Waals surface area contributed by atoms with E-state index in [1.165, 1.54) is 11.1 Å². The Labute approximate surface area is 166 Å². The highest BCUT2D eigenvalue weighted by Crippen LogP contribution is 2.34. The van der Waals surface area contributed by atoms with Crippen LogP contribution in [-0.2, 0) is 20.9 Å². The molecule has 150 valence electrons. The van der Waals surface area contributed by atoms with Crippen molar-refractivity contribution in [1.29, 1.82) is 0 Å². The fourth-order valence-electron chi connectivity index (χ4n) is 4.17. The minimum absolute atomic E-state index is 0.0113. The van der Waals surface area contributed by atoms with Gasteiger partial charge in [-0.05, 0) is 24.0 Å². The van der Waals surface area contributed by atoms with E-state index in [-0.39, 0.29) is 11.8 Å². The third-order valence-electron chi connectivity index (χ3n) is 5.63. The summed E-state index contributed by atoms with van der Waals surface area (Å²) in [5.74, 6) is 1.18. The van der Waals surface area contributed by atoms with Crippen LogP contribution < -0.4 is 9.47 Å². The lowest BCUT2D eigenvalue weighted by molar-refractivity contribution is -0.138. The molecule has 4 aliphatic rings. The molecule has 5 rings (SSSR count). The summed E-state index contributed by atoms with van der Waals surface area (Å²) in [6, 6.07) is 1.75. The van der Waals surface area contributed by atoms with Gasteiger partial charge in [-0.1, -0.05) is 0 Å². The molecular weight excluding hydrogens is 382 g/mol. The average molecular weight is 405 g/mol. The molecule has 0 N–H and O–H groups in total. The molecule has 1 aromatic rings. The Balaban J connectivity index is 1.20. The Morgan fingerprint density at radius 2 is 1.93 bits per heavy atom. The van der Waals surface area contributed by atoms with Gasteiger partial charge in [0.2, 0.25) is 5.91 Å². The standard InChI is InChI=1S/C19H23N3O5S/c23-19(13-2-1-3-25-12-13)21-8-14-10-22(11-15(14)9-21)28(24)16-6-17-18(20-7-16)27-5-4-26-17/h6-7,13H,1-5,8-12H2. The zero-order chi connectivity index (χ0) is 19.1. The molecule has 1 amide bonds. The van der Waals surface area contributed by atoms with Crippen molar-refractivity contribution < 1.29 is 23.6 Å². The Morgan fingerprint density at radius 3 is 2.68 bits per heavy atom. The molecule has 2 atom stereocenters. The van der Waals surface area contributed by atoms with Crippen LogP contribution in [-0.4, -0.2) is 77.3 Å². The second-order valence-corrected chi connectivity index (χ2v) is 9.02. The minimum atomic E-state index is -1.32. The van der Waals surface area contributed by atoms with Crippen LogP contribution in [0.25, 0.3) is 0 Å². The molecule has 28 heavy (non-hydrogen) atoms. The molecule has 8 nitrogen and oxygen atoms in total. The number of hydrogen-bond donors (Lipinski definition) is 0. The molecule has 1 aromatic heterocycles. The number of carbonyl (C=O) groups excluding carboxylic acids is 1. The van der Waals surface area contributed by atoms with Crippen LogP contribution in [0.4, 0.5) is 0 Å². The van der Waals surface area contributed by atoms with Crippen LogP contribution in [0.3, 0.4) is 0 Å². The number of nitrogens with zero attached hydrogens (tertiary/aromatic N) is 3. The quantitative estimate of drug-likeness (QED) is 0.542. The van der Waals surface area contributed by atoms with Gasteiger partial charge < -0.3 is 23.7 Å². The number of hydrogen-bond acceptors (Lipinski definition) is 7. The van der Waals surface area contributed by atoms with E-state index in [1.54, 1.807) is 12.3 Å². The fourth-order valence-corrected chi connectivity index (χ4v) is 5.37. The minimum Gasteiger partial charge on any atom is -0.593 e. The Bertz CT molecular complexity index is 793. The molecule has 0 saturated carbocycles. The van der Waals surface area contributed by atoms with E-state index in [1.807, 2.05) is 9.21 Å². The van der Waals surface area contributed by atoms with E-state index in [4.69, 9.17) is 14.2 Å². The maximum absolute atomic E-state index is 13.0. The number of carbonyl (C=O) groups is 1. The van der Waals surface area contributed by atoms with Crippen molar-refractivity contribution in [1.82, 2.24) is 14.2 Å². The van der Waals surface area contributed by atoms with Gasteiger partial charge in [0.15, 0.2) is 10.6 Å². The molecule has 0 spiro atoms. The van der Waals surface area contributed by atoms with E-state index < -0.39 is 11.4 Å². The van der Waals surface area contributed by atoms with Gasteiger partial charge in [0.1, 0.15) is 13.2 Å². The second-order valence-electron chi connectivity index (χ2n) is 7.53. The summed E-state index contributed by atoms with van der Waals surface area (Å²) >= 11 is -1.32. The Morgan fingerprint density at radius 1 is 1.14 bits per heavy atom. The lowest BCUT2D eigenvalue weighted by Crippen LogP contribution is -2.41. The van der Waals surface area contributed by atoms with Crippen molar-refractivity contribution in [3.8, 4) is 11.6 Å². The SMILES string of the molecule is O=C(C1CCCOC1)N1CC2=C(C1)CN([S+]([O-])c1cnc3c(c1)OCCO3)C2. The van der Waals surface area contributed by atoms with Crippen molar-refractivity contribution in [3.05, 3.63) is 23.4 Å². The second kappa shape index (κ2) is 7.55. The van der Waals surface area contributed by atoms with Gasteiger partial charge in [0.05, 0.1) is 43.2 Å². The van der Waals surface area contributed by atoms with Gasteiger partial charge in [-0.2, -0.15) is 0 Å². The van der Waals surface area contributed by atoms with Gasteiger partial charge in [-0.15, -0.1) is 4.31 Å². The number of ether oxygens (including phenoxy) is 3. The normalized spacial score (nSPS) is 25.8. The molecular formula is C19H23N3O5S. The van der Waals surface area contributed by atoms with E-state index >= 15 is 0 Å². The summed E-state index contributed by atoms with van der Waals surface area (Å²) in [7, 11) is 0. The molecule has 5 heterocycles. The van der Waals surface area contributed by atoms with Crippen LogP contribution >= 0.6 is 0 Å². The lowest BCUT2D eigenvalue weighted by Gasteiger charge is -2.28. The molecule has 0 bridgehead atoms. The first-order valence-electron chi connectivity index (χ1n) is 9.68. The molecule has 4 aliphatic heterocycles. The van der Waals surface area contributed by atoms with E-state index in [9.17, 15) is 9.35 Å². The zero-order valence-electron chi connectivity index (χ0n) is 15.6. The maximum atomic E-state index is 13.0. The van der Waals surface area contributed by atoms with Crippen molar-refractivity contribution in [2.24, 2.45) is 5.92 Å². The molecule has 0 aliphatic carbocycles. The monoisotopic (exact) mass is 405 g/mol. The van der Waals surface area contributed by atoms with Gasteiger partial charge >= 0.3 is 0 Å². The first kappa shape index (κ1) is 18.2. The van der Waals surface area contributed by atoms with Crippen LogP contribution in [0.2, 0.25) is 0 Å². The summed E-state index contributed by atoms with van der Waals surface area (Å²) in [5, 5.41) is 0. The summed E-state index contributed by atoms with van der Waals surface area (Å²) < 4.78 is 31.4. The summed E-state index contributed by atoms with van der Waals surface area (Å²) in [5.41, 5.74) is 2.42. The Hall–Kier alpha value is -1.81. The third-order valence-corrected chi connectivity index (χ3v) is 6.98. The molecule has 0 radical (unpaired) electrons. The molecule has 9 heteroatoms. The summed E-state index contributed by atoms with van der Waals surface area (Å²) in [6.07, 6.45) is 3.45. The van der Waals surface area contributed by atoms with Gasteiger partial charge in [-0.25, -0.2) is 4.98 Å². The molecule has 1 fully saturated rings. The highest BCUT2D eigenvalue weighted by atomic mass is 32.2. The predicted octanol–water partition coefficient (Wildman–Crippen LogP) is 0.756. The van der Waals surface area contributed by atoms with Crippen LogP contribution in [0.15, 0.2) is 28.3 Å². The van der Waals surface area contributed by atoms with Crippen LogP contribution in [0.1, 0.15) is 12.8 Å². The van der Waals surface area contributed by atoms with E-state index in [2.05, 4.69) is 4.98 Å². The topological polar surface area (TPSA) is 87.2 Å². The van der Waals surface area contributed by atoms with Crippen molar-refractivity contribution in [3.63, 3.8) is 0 Å². The van der Waals surface area contributed by atoms with Crippen LogP contribution in [0.5, 0.6) is 11.6 Å². The van der Waals surface area contributed by atoms with Gasteiger partial charge in [0, 0.05) is 25.8 Å². The van der Waals surface area contributed by atoms with Gasteiger partial charge in [-0.3, -0.25) is 4.79 Å². The largest absolute Gasteiger partial charge is 0.593 e. The fraction of sp³-hybridized carbons (Fsp3) is 0.579. The number of amides is 1. The number of fused-ring (bicyclic) bond motifs is 1. The average Bonchev–Trinajstić information content (AvgIpc) is 3.32. The zero-order valence-corrected chi connectivity index (χ0v) is 16.4. The first-order valence-corrected chi connectivity index (χ1v) is 10.8. The highest BCUT2D eigenvalue weighted by molar-refractivity contribution is 7.89. The van der Waals surface area contributed by atoms with Crippen molar-refractivity contribution in [2.75, 3.05) is 52.6 Å². The molecule has 0 aromatic carbocycles. The maximum Gasteiger partial charge on any atom is 0.257 e. The number of pyridine rings is 1. The first-order chi connectivity index (χ1) is 13.7. The lowest BCUT2D eigenvalue weighted by atomic mass is 10.0. The molecule has 2 unspecified atom stereocenters. The van der Waals surface area contributed by atoms with Crippen molar-refractivity contribution in [2.45, 2.75) is 17.7 Å². The van der Waals surface area contributed by atoms with E-state index in [0.717, 1.165) is 19.4 Å². The summed E-state index contributed by atoms with van der Waals surface area (Å²) in [6.45, 7) is 4.74. The summed E-state index contributed by atoms with van der Waals surface area (Å²) in [4.78, 5) is 19.5. The number of rotatable bonds is 3. The Kier molecular flexibility index (Phi) is 4.92. The third kappa shape index (κ3) is 3.36. The number of aromatic nitrogens is 1. The predicted molar refractivity (Wildman–Crippen MR) is 100 cm³/mol. The van der Waals surface area contributed by atoms with E-state index in [0.29, 0.717) is 62.5 Å². The molecule has 1 saturated heterocycles.